The first kappa shape index (κ1) is 17.6. The first-order chi connectivity index (χ1) is 12.6. The highest BCUT2D eigenvalue weighted by molar-refractivity contribution is 6.00. The van der Waals surface area contributed by atoms with E-state index in [-0.39, 0.29) is 17.0 Å². The minimum Gasteiger partial charge on any atom is -0.481 e. The summed E-state index contributed by atoms with van der Waals surface area (Å²) in [6.45, 7) is 0.618. The number of nitrogens with zero attached hydrogens (tertiary/aromatic N) is 4. The van der Waals surface area contributed by atoms with Crippen molar-refractivity contribution in [1.29, 1.82) is 0 Å². The molecule has 0 aliphatic carbocycles. The van der Waals surface area contributed by atoms with Gasteiger partial charge in [-0.15, -0.1) is 0 Å². The van der Waals surface area contributed by atoms with Crippen LogP contribution in [0.1, 0.15) is 27.1 Å². The van der Waals surface area contributed by atoms with Crippen molar-refractivity contribution in [1.82, 2.24) is 20.0 Å². The minimum atomic E-state index is -0.875. The molecule has 1 saturated heterocycles. The third-order valence-electron chi connectivity index (χ3n) is 3.96. The number of carbonyl (C=O) groups is 2. The Bertz CT molecular complexity index is 845. The largest absolute Gasteiger partial charge is 0.481 e. The molecule has 2 aromatic rings. The van der Waals surface area contributed by atoms with Gasteiger partial charge in [0.1, 0.15) is 5.56 Å². The topological polar surface area (TPSA) is 84.9 Å². The van der Waals surface area contributed by atoms with Crippen LogP contribution >= 0.6 is 0 Å². The standard InChI is InChI=1S/C17H17FN4O4/c1-25-13-7-6-12(15(20-13)26-2)17(24)22-10-4-9-21(22)16(23)11-5-3-8-19-14(11)18/h3,5-8H,4,9-10H2,1-2H3. The van der Waals surface area contributed by atoms with Crippen LogP contribution < -0.4 is 9.47 Å². The number of pyridine rings is 2. The summed E-state index contributed by atoms with van der Waals surface area (Å²) >= 11 is 0. The van der Waals surface area contributed by atoms with Gasteiger partial charge >= 0.3 is 0 Å². The van der Waals surface area contributed by atoms with E-state index < -0.39 is 17.8 Å². The lowest BCUT2D eigenvalue weighted by Crippen LogP contribution is -2.45. The summed E-state index contributed by atoms with van der Waals surface area (Å²) in [5, 5.41) is 2.48. The van der Waals surface area contributed by atoms with Gasteiger partial charge in [-0.25, -0.2) is 15.0 Å². The molecule has 136 valence electrons. The molecular formula is C17H17FN4O4. The van der Waals surface area contributed by atoms with Gasteiger partial charge in [-0.3, -0.25) is 9.59 Å². The van der Waals surface area contributed by atoms with Gasteiger partial charge in [0.15, 0.2) is 0 Å². The average Bonchev–Trinajstić information content (AvgIpc) is 3.16. The molecular weight excluding hydrogens is 343 g/mol. The first-order valence-corrected chi connectivity index (χ1v) is 7.90. The van der Waals surface area contributed by atoms with Crippen molar-refractivity contribution in [2.24, 2.45) is 0 Å². The predicted molar refractivity (Wildman–Crippen MR) is 88.2 cm³/mol. The summed E-state index contributed by atoms with van der Waals surface area (Å²) in [4.78, 5) is 33.1. The molecule has 0 saturated carbocycles. The molecule has 0 spiro atoms. The van der Waals surface area contributed by atoms with E-state index in [0.717, 1.165) is 0 Å². The Kier molecular flexibility index (Phi) is 4.97. The van der Waals surface area contributed by atoms with Crippen molar-refractivity contribution >= 4 is 11.8 Å². The monoisotopic (exact) mass is 360 g/mol. The van der Waals surface area contributed by atoms with Crippen LogP contribution in [0.25, 0.3) is 0 Å². The highest BCUT2D eigenvalue weighted by Gasteiger charge is 2.34. The van der Waals surface area contributed by atoms with Gasteiger partial charge in [0.2, 0.25) is 17.7 Å². The van der Waals surface area contributed by atoms with Gasteiger partial charge in [0, 0.05) is 25.4 Å². The maximum Gasteiger partial charge on any atom is 0.277 e. The van der Waals surface area contributed by atoms with Crippen molar-refractivity contribution in [3.8, 4) is 11.8 Å². The third kappa shape index (κ3) is 3.15. The Labute approximate surface area is 149 Å². The van der Waals surface area contributed by atoms with Crippen molar-refractivity contribution in [3.05, 3.63) is 47.5 Å². The SMILES string of the molecule is COc1ccc(C(=O)N2CCCN2C(=O)c2cccnc2F)c(OC)n1. The highest BCUT2D eigenvalue weighted by atomic mass is 19.1. The zero-order valence-electron chi connectivity index (χ0n) is 14.3. The van der Waals surface area contributed by atoms with Crippen molar-refractivity contribution < 1.29 is 23.5 Å². The fraction of sp³-hybridized carbons (Fsp3) is 0.294. The number of amides is 2. The number of halogens is 1. The molecule has 8 nitrogen and oxygen atoms in total. The van der Waals surface area contributed by atoms with E-state index in [4.69, 9.17) is 9.47 Å². The normalized spacial score (nSPS) is 13.7. The zero-order chi connectivity index (χ0) is 18.7. The quantitative estimate of drug-likeness (QED) is 0.769. The fourth-order valence-electron chi connectivity index (χ4n) is 2.71. The number of rotatable bonds is 4. The summed E-state index contributed by atoms with van der Waals surface area (Å²) in [5.41, 5.74) is -0.00770. The van der Waals surface area contributed by atoms with Crippen LogP contribution in [0.3, 0.4) is 0 Å². The smallest absolute Gasteiger partial charge is 0.277 e. The lowest BCUT2D eigenvalue weighted by molar-refractivity contribution is 0.0180. The number of hydrogen-bond acceptors (Lipinski definition) is 6. The van der Waals surface area contributed by atoms with Gasteiger partial charge in [-0.05, 0) is 24.6 Å². The molecule has 9 heteroatoms. The van der Waals surface area contributed by atoms with Crippen LogP contribution in [0.5, 0.6) is 11.8 Å². The zero-order valence-corrected chi connectivity index (χ0v) is 14.3. The minimum absolute atomic E-state index is 0.0845. The Balaban J connectivity index is 1.90. The maximum atomic E-state index is 13.8. The number of hydrazine groups is 1. The molecule has 26 heavy (non-hydrogen) atoms. The summed E-state index contributed by atoms with van der Waals surface area (Å²) in [7, 11) is 2.84. The van der Waals surface area contributed by atoms with E-state index in [1.54, 1.807) is 0 Å². The Morgan fingerprint density at radius 1 is 1.04 bits per heavy atom. The molecule has 1 fully saturated rings. The fourth-order valence-corrected chi connectivity index (χ4v) is 2.71. The van der Waals surface area contributed by atoms with Gasteiger partial charge in [0.25, 0.3) is 11.8 Å². The molecule has 0 bridgehead atoms. The molecule has 0 N–H and O–H groups in total. The van der Waals surface area contributed by atoms with Crippen LogP contribution in [0.2, 0.25) is 0 Å². The number of aromatic nitrogens is 2. The van der Waals surface area contributed by atoms with E-state index in [2.05, 4.69) is 9.97 Å². The van der Waals surface area contributed by atoms with Gasteiger partial charge in [-0.2, -0.15) is 9.37 Å². The summed E-state index contributed by atoms with van der Waals surface area (Å²) in [5.74, 6) is -1.58. The molecule has 1 aliphatic heterocycles. The molecule has 0 unspecified atom stereocenters. The Hall–Kier alpha value is -3.23. The van der Waals surface area contributed by atoms with E-state index in [9.17, 15) is 14.0 Å². The number of hydrogen-bond donors (Lipinski definition) is 0. The second-order valence-electron chi connectivity index (χ2n) is 5.46. The molecule has 3 rings (SSSR count). The predicted octanol–water partition coefficient (Wildman–Crippen LogP) is 1.54. The number of methoxy groups -OCH3 is 2. The Morgan fingerprint density at radius 2 is 1.73 bits per heavy atom. The van der Waals surface area contributed by atoms with Crippen LogP contribution in [-0.2, 0) is 0 Å². The second-order valence-corrected chi connectivity index (χ2v) is 5.46. The van der Waals surface area contributed by atoms with Gasteiger partial charge < -0.3 is 9.47 Å². The summed E-state index contributed by atoms with van der Waals surface area (Å²) in [6.07, 6.45) is 1.83. The average molecular weight is 360 g/mol. The maximum absolute atomic E-state index is 13.8. The second kappa shape index (κ2) is 7.34. The van der Waals surface area contributed by atoms with Crippen molar-refractivity contribution in [2.75, 3.05) is 27.3 Å². The van der Waals surface area contributed by atoms with Gasteiger partial charge in [0.05, 0.1) is 19.8 Å². The molecule has 0 radical (unpaired) electrons. The molecule has 0 aromatic carbocycles. The summed E-state index contributed by atoms with van der Waals surface area (Å²) < 4.78 is 24.0. The van der Waals surface area contributed by atoms with E-state index in [1.165, 1.54) is 54.7 Å². The molecule has 3 heterocycles. The van der Waals surface area contributed by atoms with Gasteiger partial charge in [-0.1, -0.05) is 0 Å². The van der Waals surface area contributed by atoms with Crippen molar-refractivity contribution in [3.63, 3.8) is 0 Å². The lowest BCUT2D eigenvalue weighted by atomic mass is 10.2. The highest BCUT2D eigenvalue weighted by Crippen LogP contribution is 2.25. The first-order valence-electron chi connectivity index (χ1n) is 7.90. The van der Waals surface area contributed by atoms with E-state index >= 15 is 0 Å². The Morgan fingerprint density at radius 3 is 2.35 bits per heavy atom. The van der Waals surface area contributed by atoms with E-state index in [1.807, 2.05) is 0 Å². The molecule has 2 aromatic heterocycles. The van der Waals surface area contributed by atoms with Crippen molar-refractivity contribution in [2.45, 2.75) is 6.42 Å². The number of ether oxygens (including phenoxy) is 2. The molecule has 1 aliphatic rings. The summed E-state index contributed by atoms with van der Waals surface area (Å²) in [6, 6.07) is 5.84. The molecule has 0 atom stereocenters. The number of carbonyl (C=O) groups excluding carboxylic acids is 2. The molecule has 2 amide bonds. The van der Waals surface area contributed by atoms with E-state index in [0.29, 0.717) is 25.4 Å². The lowest BCUT2D eigenvalue weighted by Gasteiger charge is -2.28. The van der Waals surface area contributed by atoms with Crippen LogP contribution in [-0.4, -0.2) is 59.1 Å². The van der Waals surface area contributed by atoms with Crippen LogP contribution in [0.15, 0.2) is 30.5 Å². The third-order valence-corrected chi connectivity index (χ3v) is 3.96. The van der Waals surface area contributed by atoms with Crippen LogP contribution in [0.4, 0.5) is 4.39 Å². The van der Waals surface area contributed by atoms with Crippen LogP contribution in [0, 0.1) is 5.95 Å².